The van der Waals surface area contributed by atoms with Gasteiger partial charge in [0, 0.05) is 17.1 Å². The summed E-state index contributed by atoms with van der Waals surface area (Å²) < 4.78 is 0. The molecule has 1 heterocycles. The molecule has 0 aliphatic heterocycles. The molecule has 13 heavy (non-hydrogen) atoms. The first-order valence-corrected chi connectivity index (χ1v) is 4.06. The second-order valence-electron chi connectivity index (χ2n) is 3.12. The van der Waals surface area contributed by atoms with Gasteiger partial charge in [-0.2, -0.15) is 0 Å². The quantitative estimate of drug-likeness (QED) is 0.677. The Balaban J connectivity index is 2.76. The molecule has 1 aromatic heterocycles. The minimum Gasteiger partial charge on any atom is -0.366 e. The van der Waals surface area contributed by atoms with E-state index in [9.17, 15) is 4.79 Å². The number of hydrogen-bond donors (Lipinski definition) is 2. The van der Waals surface area contributed by atoms with E-state index in [1.165, 1.54) is 0 Å². The molecule has 0 saturated heterocycles. The summed E-state index contributed by atoms with van der Waals surface area (Å²) in [6, 6.07) is 5.85. The van der Waals surface area contributed by atoms with Gasteiger partial charge in [-0.15, -0.1) is 0 Å². The number of carbonyl (C=O) groups is 1. The molecule has 66 valence electrons. The summed E-state index contributed by atoms with van der Waals surface area (Å²) in [4.78, 5) is 14.0. The third-order valence-corrected chi connectivity index (χ3v) is 2.10. The van der Waals surface area contributed by atoms with Crippen LogP contribution in [0.1, 0.15) is 15.9 Å². The number of aromatic amines is 1. The van der Waals surface area contributed by atoms with Gasteiger partial charge < -0.3 is 10.7 Å². The Morgan fingerprint density at radius 1 is 1.46 bits per heavy atom. The van der Waals surface area contributed by atoms with Crippen LogP contribution in [0.15, 0.2) is 24.4 Å². The molecule has 0 saturated carbocycles. The number of aryl methyl sites for hydroxylation is 1. The molecule has 0 aliphatic rings. The first-order valence-electron chi connectivity index (χ1n) is 4.06. The number of aromatic nitrogens is 1. The van der Waals surface area contributed by atoms with Crippen LogP contribution < -0.4 is 5.73 Å². The Kier molecular flexibility index (Phi) is 1.59. The number of rotatable bonds is 1. The topological polar surface area (TPSA) is 58.9 Å². The van der Waals surface area contributed by atoms with E-state index in [1.807, 2.05) is 25.1 Å². The molecular formula is C10H10N2O. The van der Waals surface area contributed by atoms with Crippen molar-refractivity contribution in [3.05, 3.63) is 35.5 Å². The molecule has 0 unspecified atom stereocenters. The highest BCUT2D eigenvalue weighted by Gasteiger charge is 2.07. The van der Waals surface area contributed by atoms with Crippen LogP contribution in [0.5, 0.6) is 0 Å². The van der Waals surface area contributed by atoms with Crippen LogP contribution in [0.3, 0.4) is 0 Å². The van der Waals surface area contributed by atoms with Crippen LogP contribution >= 0.6 is 0 Å². The lowest BCUT2D eigenvalue weighted by Crippen LogP contribution is -2.09. The maximum absolute atomic E-state index is 11.0. The van der Waals surface area contributed by atoms with Crippen LogP contribution in [0.4, 0.5) is 0 Å². The third-order valence-electron chi connectivity index (χ3n) is 2.10. The summed E-state index contributed by atoms with van der Waals surface area (Å²) in [6.45, 7) is 2.00. The fraction of sp³-hybridized carbons (Fsp3) is 0.100. The van der Waals surface area contributed by atoms with Crippen molar-refractivity contribution in [1.29, 1.82) is 0 Å². The molecule has 0 bridgehead atoms. The first-order chi connectivity index (χ1) is 6.18. The van der Waals surface area contributed by atoms with Gasteiger partial charge in [0.1, 0.15) is 0 Å². The highest BCUT2D eigenvalue weighted by Crippen LogP contribution is 2.18. The smallest absolute Gasteiger partial charge is 0.250 e. The summed E-state index contributed by atoms with van der Waals surface area (Å²) in [7, 11) is 0. The number of hydrogen-bond acceptors (Lipinski definition) is 1. The zero-order valence-electron chi connectivity index (χ0n) is 7.29. The summed E-state index contributed by atoms with van der Waals surface area (Å²) in [5.74, 6) is -0.393. The van der Waals surface area contributed by atoms with E-state index in [4.69, 9.17) is 5.73 Å². The van der Waals surface area contributed by atoms with Crippen molar-refractivity contribution in [3.8, 4) is 0 Å². The average Bonchev–Trinajstić information content (AvgIpc) is 2.46. The Morgan fingerprint density at radius 2 is 2.23 bits per heavy atom. The molecule has 2 aromatic rings. The summed E-state index contributed by atoms with van der Waals surface area (Å²) in [6.07, 6.45) is 1.65. The molecule has 1 amide bonds. The first kappa shape index (κ1) is 7.86. The second-order valence-corrected chi connectivity index (χ2v) is 3.12. The van der Waals surface area contributed by atoms with Crippen LogP contribution in [0, 0.1) is 6.92 Å². The van der Waals surface area contributed by atoms with E-state index >= 15 is 0 Å². The van der Waals surface area contributed by atoms with Gasteiger partial charge in [-0.25, -0.2) is 0 Å². The lowest BCUT2D eigenvalue weighted by molar-refractivity contribution is 0.100. The van der Waals surface area contributed by atoms with E-state index in [2.05, 4.69) is 4.98 Å². The maximum Gasteiger partial charge on any atom is 0.250 e. The van der Waals surface area contributed by atoms with Crippen molar-refractivity contribution >= 4 is 16.8 Å². The fourth-order valence-electron chi connectivity index (χ4n) is 1.44. The molecule has 0 aliphatic carbocycles. The molecular weight excluding hydrogens is 164 g/mol. The van der Waals surface area contributed by atoms with Gasteiger partial charge in [0.25, 0.3) is 5.91 Å². The predicted octanol–water partition coefficient (Wildman–Crippen LogP) is 1.58. The van der Waals surface area contributed by atoms with Crippen molar-refractivity contribution in [3.63, 3.8) is 0 Å². The van der Waals surface area contributed by atoms with Gasteiger partial charge >= 0.3 is 0 Å². The monoisotopic (exact) mass is 174 g/mol. The summed E-state index contributed by atoms with van der Waals surface area (Å²) in [5, 5.41) is 0.887. The molecule has 0 fully saturated rings. The van der Waals surface area contributed by atoms with Gasteiger partial charge in [-0.1, -0.05) is 12.1 Å². The van der Waals surface area contributed by atoms with Gasteiger partial charge in [0.15, 0.2) is 0 Å². The molecule has 3 N–H and O–H groups in total. The van der Waals surface area contributed by atoms with Crippen molar-refractivity contribution in [1.82, 2.24) is 4.98 Å². The van der Waals surface area contributed by atoms with Crippen LogP contribution in [0.25, 0.3) is 10.9 Å². The standard InChI is InChI=1S/C10H10N2O/c1-6-2-3-7-8(10(11)13)5-12-9(7)4-6/h2-5,12H,1H3,(H2,11,13). The van der Waals surface area contributed by atoms with E-state index < -0.39 is 5.91 Å². The van der Waals surface area contributed by atoms with Crippen molar-refractivity contribution in [2.75, 3.05) is 0 Å². The van der Waals surface area contributed by atoms with Crippen molar-refractivity contribution in [2.24, 2.45) is 5.73 Å². The Labute approximate surface area is 75.6 Å². The largest absolute Gasteiger partial charge is 0.366 e. The molecule has 0 radical (unpaired) electrons. The predicted molar refractivity (Wildman–Crippen MR) is 51.6 cm³/mol. The Hall–Kier alpha value is -1.77. The highest BCUT2D eigenvalue weighted by atomic mass is 16.1. The van der Waals surface area contributed by atoms with Crippen LogP contribution in [-0.4, -0.2) is 10.9 Å². The normalized spacial score (nSPS) is 10.5. The molecule has 2 rings (SSSR count). The average molecular weight is 174 g/mol. The van der Waals surface area contributed by atoms with E-state index in [0.29, 0.717) is 5.56 Å². The fourth-order valence-corrected chi connectivity index (χ4v) is 1.44. The molecule has 1 aromatic carbocycles. The molecule has 0 atom stereocenters. The summed E-state index contributed by atoms with van der Waals surface area (Å²) >= 11 is 0. The number of carbonyl (C=O) groups excluding carboxylic acids is 1. The summed E-state index contributed by atoms with van der Waals surface area (Å²) in [5.41, 5.74) is 7.86. The van der Waals surface area contributed by atoms with E-state index in [1.54, 1.807) is 6.20 Å². The van der Waals surface area contributed by atoms with Gasteiger partial charge in [0.05, 0.1) is 5.56 Å². The maximum atomic E-state index is 11.0. The lowest BCUT2D eigenvalue weighted by Gasteiger charge is -1.94. The zero-order valence-corrected chi connectivity index (χ0v) is 7.29. The van der Waals surface area contributed by atoms with Gasteiger partial charge in [-0.05, 0) is 18.6 Å². The van der Waals surface area contributed by atoms with E-state index in [-0.39, 0.29) is 0 Å². The number of nitrogens with one attached hydrogen (secondary N) is 1. The Bertz CT molecular complexity index is 471. The number of fused-ring (bicyclic) bond motifs is 1. The number of amides is 1. The highest BCUT2D eigenvalue weighted by molar-refractivity contribution is 6.05. The molecule has 3 nitrogen and oxygen atoms in total. The number of nitrogens with two attached hydrogens (primary N) is 1. The van der Waals surface area contributed by atoms with Gasteiger partial charge in [0.2, 0.25) is 0 Å². The minimum absolute atomic E-state index is 0.393. The number of primary amides is 1. The van der Waals surface area contributed by atoms with Crippen molar-refractivity contribution in [2.45, 2.75) is 6.92 Å². The second kappa shape index (κ2) is 2.62. The number of H-pyrrole nitrogens is 1. The van der Waals surface area contributed by atoms with Gasteiger partial charge in [-0.3, -0.25) is 4.79 Å². The Morgan fingerprint density at radius 3 is 2.92 bits per heavy atom. The lowest BCUT2D eigenvalue weighted by atomic mass is 10.1. The molecule has 0 spiro atoms. The minimum atomic E-state index is -0.393. The zero-order chi connectivity index (χ0) is 9.42. The third kappa shape index (κ3) is 1.18. The molecule has 3 heteroatoms. The van der Waals surface area contributed by atoms with Crippen molar-refractivity contribution < 1.29 is 4.79 Å². The number of benzene rings is 1. The van der Waals surface area contributed by atoms with E-state index in [0.717, 1.165) is 16.5 Å². The SMILES string of the molecule is Cc1ccc2c(C(N)=O)c[nH]c2c1. The van der Waals surface area contributed by atoms with Crippen LogP contribution in [0.2, 0.25) is 0 Å². The van der Waals surface area contributed by atoms with Crippen LogP contribution in [-0.2, 0) is 0 Å².